The van der Waals surface area contributed by atoms with Crippen LogP contribution in [0.1, 0.15) is 22.3 Å². The molecule has 0 saturated carbocycles. The molecule has 2 N–H and O–H groups in total. The quantitative estimate of drug-likeness (QED) is 0.859. The third kappa shape index (κ3) is 3.10. The van der Waals surface area contributed by atoms with E-state index in [9.17, 15) is 9.00 Å². The van der Waals surface area contributed by atoms with Crippen molar-refractivity contribution in [3.8, 4) is 0 Å². The standard InChI is InChI=1S/C13H18N2O2S/c1-18(17)9-8-15-13(16)11-4-2-6-12-10(11)5-3-7-14-12/h2,4,6,14H,3,5,7-9H2,1H3,(H,15,16). The zero-order chi connectivity index (χ0) is 13.0. The van der Waals surface area contributed by atoms with Gasteiger partial charge in [0.05, 0.1) is 0 Å². The lowest BCUT2D eigenvalue weighted by atomic mass is 9.97. The summed E-state index contributed by atoms with van der Waals surface area (Å²) in [6.45, 7) is 1.42. The predicted octanol–water partition coefficient (Wildman–Crippen LogP) is 1.15. The second-order valence-electron chi connectivity index (χ2n) is 4.40. The van der Waals surface area contributed by atoms with Crippen LogP contribution in [0.3, 0.4) is 0 Å². The summed E-state index contributed by atoms with van der Waals surface area (Å²) >= 11 is 0. The van der Waals surface area contributed by atoms with Gasteiger partial charge in [-0.15, -0.1) is 0 Å². The van der Waals surface area contributed by atoms with E-state index in [0.29, 0.717) is 12.3 Å². The van der Waals surface area contributed by atoms with Crippen molar-refractivity contribution < 1.29 is 9.00 Å². The normalized spacial score (nSPS) is 15.4. The number of fused-ring (bicyclic) bond motifs is 1. The number of hydrogen-bond donors (Lipinski definition) is 2. The number of anilines is 1. The Morgan fingerprint density at radius 2 is 2.33 bits per heavy atom. The molecule has 1 atom stereocenters. The van der Waals surface area contributed by atoms with Crippen molar-refractivity contribution >= 4 is 22.4 Å². The highest BCUT2D eigenvalue weighted by Crippen LogP contribution is 2.25. The number of rotatable bonds is 4. The summed E-state index contributed by atoms with van der Waals surface area (Å²) in [7, 11) is -0.867. The molecule has 0 saturated heterocycles. The van der Waals surface area contributed by atoms with Crippen LogP contribution in [0.15, 0.2) is 18.2 Å². The fourth-order valence-corrected chi connectivity index (χ4v) is 2.52. The number of amides is 1. The van der Waals surface area contributed by atoms with Crippen LogP contribution in [-0.2, 0) is 17.2 Å². The van der Waals surface area contributed by atoms with Crippen LogP contribution in [0, 0.1) is 0 Å². The maximum Gasteiger partial charge on any atom is 0.251 e. The Morgan fingerprint density at radius 3 is 3.11 bits per heavy atom. The molecular weight excluding hydrogens is 248 g/mol. The zero-order valence-electron chi connectivity index (χ0n) is 10.5. The van der Waals surface area contributed by atoms with E-state index in [1.165, 1.54) is 0 Å². The van der Waals surface area contributed by atoms with Crippen LogP contribution >= 0.6 is 0 Å². The molecule has 18 heavy (non-hydrogen) atoms. The highest BCUT2D eigenvalue weighted by Gasteiger charge is 2.16. The number of carbonyl (C=O) groups is 1. The second-order valence-corrected chi connectivity index (χ2v) is 5.95. The lowest BCUT2D eigenvalue weighted by molar-refractivity contribution is 0.0955. The van der Waals surface area contributed by atoms with Crippen molar-refractivity contribution in [2.75, 3.05) is 30.4 Å². The van der Waals surface area contributed by atoms with Gasteiger partial charge >= 0.3 is 0 Å². The van der Waals surface area contributed by atoms with Crippen molar-refractivity contribution in [1.82, 2.24) is 5.32 Å². The average molecular weight is 266 g/mol. The zero-order valence-corrected chi connectivity index (χ0v) is 11.3. The summed E-state index contributed by atoms with van der Waals surface area (Å²) in [6, 6.07) is 5.75. The predicted molar refractivity (Wildman–Crippen MR) is 74.5 cm³/mol. The Morgan fingerprint density at radius 1 is 1.50 bits per heavy atom. The van der Waals surface area contributed by atoms with Gasteiger partial charge in [0.1, 0.15) is 0 Å². The van der Waals surface area contributed by atoms with E-state index < -0.39 is 10.8 Å². The van der Waals surface area contributed by atoms with Crippen molar-refractivity contribution in [3.05, 3.63) is 29.3 Å². The third-order valence-electron chi connectivity index (χ3n) is 3.01. The second kappa shape index (κ2) is 6.00. The Labute approximate surface area is 110 Å². The molecule has 1 aliphatic rings. The maximum atomic E-state index is 12.1. The lowest BCUT2D eigenvalue weighted by Gasteiger charge is -2.20. The van der Waals surface area contributed by atoms with E-state index >= 15 is 0 Å². The lowest BCUT2D eigenvalue weighted by Crippen LogP contribution is -2.29. The van der Waals surface area contributed by atoms with E-state index in [1.807, 2.05) is 18.2 Å². The monoisotopic (exact) mass is 266 g/mol. The van der Waals surface area contributed by atoms with E-state index in [4.69, 9.17) is 0 Å². The first-order valence-electron chi connectivity index (χ1n) is 6.12. The molecule has 1 unspecified atom stereocenters. The topological polar surface area (TPSA) is 58.2 Å². The van der Waals surface area contributed by atoms with Gasteiger partial charge in [-0.1, -0.05) is 6.07 Å². The van der Waals surface area contributed by atoms with Gasteiger partial charge in [0.2, 0.25) is 0 Å². The van der Waals surface area contributed by atoms with Crippen LogP contribution in [0.4, 0.5) is 5.69 Å². The minimum absolute atomic E-state index is 0.0685. The summed E-state index contributed by atoms with van der Waals surface area (Å²) in [5.41, 5.74) is 2.90. The molecule has 5 heteroatoms. The Hall–Kier alpha value is -1.36. The minimum Gasteiger partial charge on any atom is -0.385 e. The van der Waals surface area contributed by atoms with E-state index in [2.05, 4.69) is 10.6 Å². The molecule has 1 aromatic rings. The average Bonchev–Trinajstić information content (AvgIpc) is 2.37. The molecule has 0 fully saturated rings. The van der Waals surface area contributed by atoms with Crippen LogP contribution in [-0.4, -0.2) is 35.2 Å². The fourth-order valence-electron chi connectivity index (χ4n) is 2.13. The van der Waals surface area contributed by atoms with E-state index in [1.54, 1.807) is 6.26 Å². The molecule has 1 aromatic carbocycles. The number of nitrogens with one attached hydrogen (secondary N) is 2. The van der Waals surface area contributed by atoms with Crippen molar-refractivity contribution in [2.45, 2.75) is 12.8 Å². The van der Waals surface area contributed by atoms with Gasteiger partial charge in [-0.05, 0) is 30.5 Å². The van der Waals surface area contributed by atoms with Crippen LogP contribution < -0.4 is 10.6 Å². The molecule has 1 heterocycles. The van der Waals surface area contributed by atoms with Crippen molar-refractivity contribution in [1.29, 1.82) is 0 Å². The van der Waals surface area contributed by atoms with Gasteiger partial charge < -0.3 is 10.6 Å². The molecule has 1 aliphatic heterocycles. The Kier molecular flexibility index (Phi) is 4.36. The third-order valence-corrected chi connectivity index (χ3v) is 3.79. The summed E-state index contributed by atoms with van der Waals surface area (Å²) in [4.78, 5) is 12.1. The summed E-state index contributed by atoms with van der Waals surface area (Å²) in [6.07, 6.45) is 3.63. The molecule has 2 rings (SSSR count). The fraction of sp³-hybridized carbons (Fsp3) is 0.462. The van der Waals surface area contributed by atoms with Crippen molar-refractivity contribution in [3.63, 3.8) is 0 Å². The molecule has 0 radical (unpaired) electrons. The summed E-state index contributed by atoms with van der Waals surface area (Å²) in [5.74, 6) is 0.431. The van der Waals surface area contributed by atoms with E-state index in [0.717, 1.165) is 36.2 Å². The smallest absolute Gasteiger partial charge is 0.251 e. The van der Waals surface area contributed by atoms with Crippen LogP contribution in [0.5, 0.6) is 0 Å². The van der Waals surface area contributed by atoms with E-state index in [-0.39, 0.29) is 5.91 Å². The SMILES string of the molecule is CS(=O)CCNC(=O)c1cccc2c1CCCN2. The van der Waals surface area contributed by atoms with Gasteiger partial charge in [0, 0.05) is 47.1 Å². The maximum absolute atomic E-state index is 12.1. The first kappa shape index (κ1) is 13.1. The largest absolute Gasteiger partial charge is 0.385 e. The Bertz CT molecular complexity index is 474. The first-order valence-corrected chi connectivity index (χ1v) is 7.85. The Balaban J connectivity index is 2.08. The molecule has 1 amide bonds. The number of carbonyl (C=O) groups excluding carboxylic acids is 1. The van der Waals surface area contributed by atoms with Crippen LogP contribution in [0.25, 0.3) is 0 Å². The molecule has 0 bridgehead atoms. The molecule has 0 spiro atoms. The van der Waals surface area contributed by atoms with Gasteiger partial charge in [-0.25, -0.2) is 0 Å². The molecule has 0 aromatic heterocycles. The first-order chi connectivity index (χ1) is 8.68. The molecule has 4 nitrogen and oxygen atoms in total. The van der Waals surface area contributed by atoms with Gasteiger partial charge in [0.15, 0.2) is 0 Å². The van der Waals surface area contributed by atoms with Gasteiger partial charge in [-0.2, -0.15) is 0 Å². The van der Waals surface area contributed by atoms with Crippen LogP contribution in [0.2, 0.25) is 0 Å². The number of benzene rings is 1. The van der Waals surface area contributed by atoms with Gasteiger partial charge in [-0.3, -0.25) is 9.00 Å². The molecule has 98 valence electrons. The minimum atomic E-state index is -0.867. The van der Waals surface area contributed by atoms with Gasteiger partial charge in [0.25, 0.3) is 5.91 Å². The van der Waals surface area contributed by atoms with Crippen molar-refractivity contribution in [2.24, 2.45) is 0 Å². The molecular formula is C13H18N2O2S. The highest BCUT2D eigenvalue weighted by atomic mass is 32.2. The highest BCUT2D eigenvalue weighted by molar-refractivity contribution is 7.84. The molecule has 0 aliphatic carbocycles. The summed E-state index contributed by atoms with van der Waals surface area (Å²) < 4.78 is 10.9. The summed E-state index contributed by atoms with van der Waals surface area (Å²) in [5, 5.41) is 6.12. The number of hydrogen-bond acceptors (Lipinski definition) is 3.